The van der Waals surface area contributed by atoms with Gasteiger partial charge in [-0.1, -0.05) is 30.3 Å². The molecular weight excluding hydrogens is 383 g/mol. The van der Waals surface area contributed by atoms with Gasteiger partial charge in [-0.3, -0.25) is 9.58 Å². The van der Waals surface area contributed by atoms with Crippen molar-refractivity contribution < 1.29 is 18.0 Å². The molecule has 1 aromatic heterocycles. The molecule has 1 aliphatic heterocycles. The van der Waals surface area contributed by atoms with E-state index in [0.29, 0.717) is 6.54 Å². The number of nitrogens with zero attached hydrogens (tertiary/aromatic N) is 3. The summed E-state index contributed by atoms with van der Waals surface area (Å²) in [5.74, 6) is 0.153. The van der Waals surface area contributed by atoms with Crippen molar-refractivity contribution in [1.29, 1.82) is 0 Å². The molecule has 2 N–H and O–H groups in total. The second kappa shape index (κ2) is 6.76. The van der Waals surface area contributed by atoms with Gasteiger partial charge in [0.25, 0.3) is 0 Å². The van der Waals surface area contributed by atoms with Crippen LogP contribution in [0.3, 0.4) is 0 Å². The van der Waals surface area contributed by atoms with Crippen LogP contribution >= 0.6 is 0 Å². The van der Waals surface area contributed by atoms with Crippen LogP contribution in [0.5, 0.6) is 0 Å². The van der Waals surface area contributed by atoms with Gasteiger partial charge < -0.3 is 10.6 Å². The van der Waals surface area contributed by atoms with Crippen molar-refractivity contribution >= 4 is 11.8 Å². The number of benzene rings is 1. The normalized spacial score (nSPS) is 27.5. The number of aromatic nitrogens is 2. The number of amides is 2. The molecule has 2 amide bonds. The van der Waals surface area contributed by atoms with Crippen LogP contribution in [0.2, 0.25) is 0 Å². The average Bonchev–Trinajstić information content (AvgIpc) is 3.23. The molecule has 1 spiro atoms. The SMILES string of the molecule is CN[C@]1(c2ccccc2)CC[C@]2(CC1)CN(c1cc(C(F)(F)F)nn1C)C(=O)N2. The van der Waals surface area contributed by atoms with Crippen molar-refractivity contribution in [3.8, 4) is 0 Å². The van der Waals surface area contributed by atoms with E-state index in [9.17, 15) is 18.0 Å². The summed E-state index contributed by atoms with van der Waals surface area (Å²) in [4.78, 5) is 14.0. The number of anilines is 1. The van der Waals surface area contributed by atoms with Gasteiger partial charge in [0.1, 0.15) is 5.82 Å². The summed E-state index contributed by atoms with van der Waals surface area (Å²) in [6.07, 6.45) is -1.44. The van der Waals surface area contributed by atoms with E-state index in [-0.39, 0.29) is 17.4 Å². The lowest BCUT2D eigenvalue weighted by molar-refractivity contribution is -0.141. The molecule has 2 aromatic rings. The Balaban J connectivity index is 1.54. The molecule has 1 aromatic carbocycles. The summed E-state index contributed by atoms with van der Waals surface area (Å²) >= 11 is 0. The first kappa shape index (κ1) is 19.8. The molecule has 2 aliphatic rings. The number of hydrogen-bond acceptors (Lipinski definition) is 3. The van der Waals surface area contributed by atoms with Crippen LogP contribution in [0.4, 0.5) is 23.8 Å². The second-order valence-electron chi connectivity index (χ2n) is 8.00. The van der Waals surface area contributed by atoms with E-state index < -0.39 is 17.4 Å². The molecular formula is C20H24F3N5O. The third-order valence-electron chi connectivity index (χ3n) is 6.37. The van der Waals surface area contributed by atoms with Crippen molar-refractivity contribution in [3.63, 3.8) is 0 Å². The van der Waals surface area contributed by atoms with Gasteiger partial charge in [-0.05, 0) is 38.3 Å². The molecule has 2 fully saturated rings. The zero-order valence-electron chi connectivity index (χ0n) is 16.4. The largest absolute Gasteiger partial charge is 0.435 e. The van der Waals surface area contributed by atoms with E-state index in [1.165, 1.54) is 17.5 Å². The van der Waals surface area contributed by atoms with Gasteiger partial charge in [-0.15, -0.1) is 0 Å². The Morgan fingerprint density at radius 1 is 1.14 bits per heavy atom. The highest BCUT2D eigenvalue weighted by atomic mass is 19.4. The molecule has 0 radical (unpaired) electrons. The van der Waals surface area contributed by atoms with Crippen LogP contribution in [0.15, 0.2) is 36.4 Å². The summed E-state index contributed by atoms with van der Waals surface area (Å²) in [6.45, 7) is 0.331. The summed E-state index contributed by atoms with van der Waals surface area (Å²) < 4.78 is 40.1. The monoisotopic (exact) mass is 407 g/mol. The van der Waals surface area contributed by atoms with Crippen molar-refractivity contribution in [3.05, 3.63) is 47.7 Å². The molecule has 0 bridgehead atoms. The predicted octanol–water partition coefficient (Wildman–Crippen LogP) is 3.40. The van der Waals surface area contributed by atoms with Crippen LogP contribution in [-0.2, 0) is 18.8 Å². The highest BCUT2D eigenvalue weighted by molar-refractivity contribution is 5.94. The minimum absolute atomic E-state index is 0.153. The Kier molecular flexibility index (Phi) is 4.60. The summed E-state index contributed by atoms with van der Waals surface area (Å²) in [7, 11) is 3.37. The molecule has 1 saturated heterocycles. The Morgan fingerprint density at radius 2 is 1.79 bits per heavy atom. The number of alkyl halides is 3. The molecule has 9 heteroatoms. The summed E-state index contributed by atoms with van der Waals surface area (Å²) in [5, 5.41) is 10.0. The zero-order chi connectivity index (χ0) is 20.9. The fourth-order valence-corrected chi connectivity index (χ4v) is 4.62. The topological polar surface area (TPSA) is 62.2 Å². The van der Waals surface area contributed by atoms with E-state index in [4.69, 9.17) is 0 Å². The quantitative estimate of drug-likeness (QED) is 0.820. The molecule has 1 saturated carbocycles. The maximum Gasteiger partial charge on any atom is 0.435 e. The molecule has 4 rings (SSSR count). The lowest BCUT2D eigenvalue weighted by Gasteiger charge is -2.45. The fourth-order valence-electron chi connectivity index (χ4n) is 4.62. The van der Waals surface area contributed by atoms with Gasteiger partial charge in [0, 0.05) is 18.7 Å². The second-order valence-corrected chi connectivity index (χ2v) is 8.00. The first-order valence-corrected chi connectivity index (χ1v) is 9.63. The Bertz CT molecular complexity index is 901. The van der Waals surface area contributed by atoms with Crippen molar-refractivity contribution in [2.75, 3.05) is 18.5 Å². The number of carbonyl (C=O) groups is 1. The highest BCUT2D eigenvalue weighted by Crippen LogP contribution is 2.44. The van der Waals surface area contributed by atoms with Crippen LogP contribution in [0.1, 0.15) is 36.9 Å². The summed E-state index contributed by atoms with van der Waals surface area (Å²) in [6, 6.07) is 10.8. The number of halogens is 3. The van der Waals surface area contributed by atoms with Gasteiger partial charge in [-0.25, -0.2) is 4.79 Å². The Labute approximate surface area is 167 Å². The first-order chi connectivity index (χ1) is 13.7. The van der Waals surface area contributed by atoms with E-state index in [1.54, 1.807) is 0 Å². The number of hydrogen-bond donors (Lipinski definition) is 2. The number of nitrogens with one attached hydrogen (secondary N) is 2. The van der Waals surface area contributed by atoms with Crippen LogP contribution in [-0.4, -0.2) is 34.9 Å². The number of aryl methyl sites for hydroxylation is 1. The van der Waals surface area contributed by atoms with Crippen LogP contribution in [0.25, 0.3) is 0 Å². The fraction of sp³-hybridized carbons (Fsp3) is 0.500. The lowest BCUT2D eigenvalue weighted by atomic mass is 9.69. The molecule has 6 nitrogen and oxygen atoms in total. The van der Waals surface area contributed by atoms with Crippen molar-refractivity contribution in [1.82, 2.24) is 20.4 Å². The average molecular weight is 407 g/mol. The number of urea groups is 1. The third kappa shape index (κ3) is 3.37. The minimum Gasteiger partial charge on any atom is -0.330 e. The van der Waals surface area contributed by atoms with Gasteiger partial charge in [-0.2, -0.15) is 18.3 Å². The van der Waals surface area contributed by atoms with Crippen molar-refractivity contribution in [2.24, 2.45) is 7.05 Å². The smallest absolute Gasteiger partial charge is 0.330 e. The molecule has 0 atom stereocenters. The lowest BCUT2D eigenvalue weighted by Crippen LogP contribution is -2.53. The van der Waals surface area contributed by atoms with Crippen LogP contribution in [0, 0.1) is 0 Å². The third-order valence-corrected chi connectivity index (χ3v) is 6.37. The minimum atomic E-state index is -4.54. The van der Waals surface area contributed by atoms with E-state index in [0.717, 1.165) is 36.4 Å². The van der Waals surface area contributed by atoms with Gasteiger partial charge in [0.05, 0.1) is 12.1 Å². The van der Waals surface area contributed by atoms with Crippen molar-refractivity contribution in [2.45, 2.75) is 42.9 Å². The molecule has 0 unspecified atom stereocenters. The highest BCUT2D eigenvalue weighted by Gasteiger charge is 2.50. The van der Waals surface area contributed by atoms with E-state index in [1.807, 2.05) is 25.2 Å². The molecule has 2 heterocycles. The summed E-state index contributed by atoms with van der Waals surface area (Å²) in [5.41, 5.74) is -0.402. The van der Waals surface area contributed by atoms with E-state index >= 15 is 0 Å². The van der Waals surface area contributed by atoms with Crippen LogP contribution < -0.4 is 15.5 Å². The Morgan fingerprint density at radius 3 is 2.34 bits per heavy atom. The predicted molar refractivity (Wildman–Crippen MR) is 102 cm³/mol. The Hall–Kier alpha value is -2.55. The zero-order valence-corrected chi connectivity index (χ0v) is 16.4. The van der Waals surface area contributed by atoms with Gasteiger partial charge in [0.2, 0.25) is 0 Å². The van der Waals surface area contributed by atoms with Gasteiger partial charge >= 0.3 is 12.2 Å². The maximum absolute atomic E-state index is 13.0. The van der Waals surface area contributed by atoms with E-state index in [2.05, 4.69) is 27.9 Å². The maximum atomic E-state index is 13.0. The first-order valence-electron chi connectivity index (χ1n) is 9.63. The molecule has 156 valence electrons. The number of rotatable bonds is 3. The van der Waals surface area contributed by atoms with Gasteiger partial charge in [0.15, 0.2) is 5.69 Å². The number of carbonyl (C=O) groups excluding carboxylic acids is 1. The molecule has 29 heavy (non-hydrogen) atoms. The molecule has 1 aliphatic carbocycles. The standard InChI is InChI=1S/C20H24F3N5O/c1-24-19(14-6-4-3-5-7-14)10-8-18(9-11-19)13-28(17(29)25-18)16-12-15(20(21,22)23)26-27(16)2/h3-7,12,24H,8-11,13H2,1-2H3,(H,25,29)/t18-,19+.